The first-order valence-electron chi connectivity index (χ1n) is 11.9. The van der Waals surface area contributed by atoms with Crippen molar-refractivity contribution >= 4 is 48.3 Å². The highest BCUT2D eigenvalue weighted by Gasteiger charge is 2.35. The van der Waals surface area contributed by atoms with Gasteiger partial charge in [0.15, 0.2) is 0 Å². The molecule has 1 fully saturated rings. The number of carbonyl (C=O) groups excluding carboxylic acids is 2. The summed E-state index contributed by atoms with van der Waals surface area (Å²) in [7, 11) is 0. The van der Waals surface area contributed by atoms with Crippen LogP contribution in [0, 0.1) is 5.92 Å². The largest absolute Gasteiger partial charge is 0.489 e. The first-order chi connectivity index (χ1) is 16.0. The monoisotopic (exact) mass is 533 g/mol. The maximum atomic E-state index is 13.3. The summed E-state index contributed by atoms with van der Waals surface area (Å²) in [4.78, 5) is 38.5. The van der Waals surface area contributed by atoms with Gasteiger partial charge in [-0.05, 0) is 57.3 Å². The summed E-state index contributed by atoms with van der Waals surface area (Å²) >= 11 is 0. The molecular formula is C24H37Cl2N3O6. The molecule has 1 aromatic carbocycles. The molecule has 2 aliphatic rings. The van der Waals surface area contributed by atoms with Crippen LogP contribution in [0.3, 0.4) is 0 Å². The van der Waals surface area contributed by atoms with Gasteiger partial charge in [-0.2, -0.15) is 0 Å². The molecule has 1 saturated heterocycles. The average molecular weight is 534 g/mol. The van der Waals surface area contributed by atoms with E-state index >= 15 is 0 Å². The molecule has 0 bridgehead atoms. The smallest absolute Gasteiger partial charge is 0.323 e. The molecule has 2 atom stereocenters. The van der Waals surface area contributed by atoms with E-state index in [2.05, 4.69) is 10.6 Å². The third-order valence-electron chi connectivity index (χ3n) is 6.21. The Balaban J connectivity index is 0.00000306. The summed E-state index contributed by atoms with van der Waals surface area (Å²) in [6.07, 6.45) is 5.89. The lowest BCUT2D eigenvalue weighted by atomic mass is 9.92. The Morgan fingerprint density at radius 1 is 1.23 bits per heavy atom. The Kier molecular flexibility index (Phi) is 14.0. The van der Waals surface area contributed by atoms with Crippen molar-refractivity contribution in [2.24, 2.45) is 5.92 Å². The molecular weight excluding hydrogens is 497 g/mol. The zero-order valence-electron chi connectivity index (χ0n) is 20.1. The van der Waals surface area contributed by atoms with Crippen LogP contribution in [0.15, 0.2) is 24.3 Å². The van der Waals surface area contributed by atoms with Crippen LogP contribution in [0.5, 0.6) is 5.75 Å². The number of piperidine rings is 1. The lowest BCUT2D eigenvalue weighted by molar-refractivity contribution is -0.146. The van der Waals surface area contributed by atoms with Crippen molar-refractivity contribution in [3.05, 3.63) is 24.3 Å². The van der Waals surface area contributed by atoms with Gasteiger partial charge in [-0.25, -0.2) is 0 Å². The molecule has 3 rings (SSSR count). The van der Waals surface area contributed by atoms with Crippen LogP contribution in [-0.4, -0.2) is 67.9 Å². The maximum absolute atomic E-state index is 13.3. The molecule has 35 heavy (non-hydrogen) atoms. The summed E-state index contributed by atoms with van der Waals surface area (Å²) in [5, 5.41) is 15.8. The molecule has 0 aromatic heterocycles. The number of unbranched alkanes of at least 4 members (excludes halogenated alkanes) is 1. The summed E-state index contributed by atoms with van der Waals surface area (Å²) in [5.41, 5.74) is 0.406. The number of esters is 1. The van der Waals surface area contributed by atoms with E-state index in [0.29, 0.717) is 17.9 Å². The third-order valence-corrected chi connectivity index (χ3v) is 6.21. The highest BCUT2D eigenvalue weighted by atomic mass is 35.5. The van der Waals surface area contributed by atoms with Crippen LogP contribution in [-0.2, 0) is 19.1 Å². The molecule has 1 aromatic rings. The summed E-state index contributed by atoms with van der Waals surface area (Å²) in [6, 6.07) is 5.31. The standard InChI is InChI=1S/C24H35N3O6.2ClH/c1-2-32-24(31)18(8-4-3-7-17-11-13-25-14-12-17)26-19-16-33-21-10-6-5-9-20(21)27(23(19)30)15-22(28)29;;/h5-6,9-10,17-19,25-26H,2-4,7-8,11-16H2,1H3,(H,28,29);2*1H/t18-,19-;;/m0../s1. The predicted molar refractivity (Wildman–Crippen MR) is 138 cm³/mol. The zero-order valence-corrected chi connectivity index (χ0v) is 21.7. The van der Waals surface area contributed by atoms with E-state index in [9.17, 15) is 19.5 Å². The minimum atomic E-state index is -1.13. The average Bonchev–Trinajstić information content (AvgIpc) is 2.93. The number of para-hydroxylation sites is 2. The van der Waals surface area contributed by atoms with E-state index in [1.807, 2.05) is 0 Å². The summed E-state index contributed by atoms with van der Waals surface area (Å²) in [5.74, 6) is -0.810. The number of ether oxygens (including phenoxy) is 2. The van der Waals surface area contributed by atoms with Crippen molar-refractivity contribution < 1.29 is 29.0 Å². The highest BCUT2D eigenvalue weighted by molar-refractivity contribution is 6.02. The number of halogens is 2. The molecule has 0 spiro atoms. The van der Waals surface area contributed by atoms with E-state index < -0.39 is 36.5 Å². The van der Waals surface area contributed by atoms with Crippen LogP contribution in [0.1, 0.15) is 45.4 Å². The highest BCUT2D eigenvalue weighted by Crippen LogP contribution is 2.31. The van der Waals surface area contributed by atoms with Gasteiger partial charge in [0.2, 0.25) is 5.91 Å². The van der Waals surface area contributed by atoms with Crippen LogP contribution in [0.2, 0.25) is 0 Å². The fourth-order valence-electron chi connectivity index (χ4n) is 4.48. The molecule has 0 unspecified atom stereocenters. The molecule has 1 amide bonds. The van der Waals surface area contributed by atoms with Gasteiger partial charge in [0.1, 0.15) is 31.0 Å². The molecule has 3 N–H and O–H groups in total. The lowest BCUT2D eigenvalue weighted by Crippen LogP contribution is -2.54. The van der Waals surface area contributed by atoms with E-state index in [1.54, 1.807) is 31.2 Å². The quantitative estimate of drug-likeness (QED) is 0.293. The fraction of sp³-hybridized carbons (Fsp3) is 0.625. The van der Waals surface area contributed by atoms with Crippen molar-refractivity contribution in [1.29, 1.82) is 0 Å². The van der Waals surface area contributed by atoms with Gasteiger partial charge in [-0.1, -0.05) is 31.4 Å². The van der Waals surface area contributed by atoms with E-state index in [0.717, 1.165) is 38.3 Å². The first-order valence-corrected chi connectivity index (χ1v) is 11.9. The molecule has 0 radical (unpaired) electrons. The number of amides is 1. The summed E-state index contributed by atoms with van der Waals surface area (Å²) < 4.78 is 11.1. The number of fused-ring (bicyclic) bond motifs is 1. The molecule has 0 aliphatic carbocycles. The predicted octanol–water partition coefficient (Wildman–Crippen LogP) is 2.79. The molecule has 9 nitrogen and oxygen atoms in total. The zero-order chi connectivity index (χ0) is 23.6. The number of nitrogens with one attached hydrogen (secondary N) is 2. The summed E-state index contributed by atoms with van der Waals surface area (Å²) in [6.45, 7) is 3.64. The number of carboxylic acids is 1. The second-order valence-corrected chi connectivity index (χ2v) is 8.60. The van der Waals surface area contributed by atoms with Gasteiger partial charge in [-0.15, -0.1) is 24.8 Å². The lowest BCUT2D eigenvalue weighted by Gasteiger charge is -2.26. The van der Waals surface area contributed by atoms with Gasteiger partial charge in [-0.3, -0.25) is 24.6 Å². The van der Waals surface area contributed by atoms with Gasteiger partial charge >= 0.3 is 11.9 Å². The minimum Gasteiger partial charge on any atom is -0.489 e. The number of carbonyl (C=O) groups is 3. The number of hydrogen-bond acceptors (Lipinski definition) is 7. The molecule has 2 aliphatic heterocycles. The Morgan fingerprint density at radius 3 is 2.63 bits per heavy atom. The fourth-order valence-corrected chi connectivity index (χ4v) is 4.48. The van der Waals surface area contributed by atoms with Gasteiger partial charge in [0, 0.05) is 0 Å². The maximum Gasteiger partial charge on any atom is 0.323 e. The number of benzene rings is 1. The second-order valence-electron chi connectivity index (χ2n) is 8.60. The molecule has 11 heteroatoms. The van der Waals surface area contributed by atoms with Crippen molar-refractivity contribution in [3.8, 4) is 5.75 Å². The van der Waals surface area contributed by atoms with E-state index in [4.69, 9.17) is 9.47 Å². The molecule has 198 valence electrons. The SMILES string of the molecule is CCOC(=O)[C@H](CCCCC1CCNCC1)N[C@H]1COc2ccccc2N(CC(=O)O)C1=O.Cl.Cl. The van der Waals surface area contributed by atoms with Crippen LogP contribution in [0.25, 0.3) is 0 Å². The number of aliphatic carboxylic acids is 1. The number of anilines is 1. The Hall–Kier alpha value is -2.07. The van der Waals surface area contributed by atoms with Crippen LogP contribution >= 0.6 is 24.8 Å². The van der Waals surface area contributed by atoms with Gasteiger partial charge in [0.05, 0.1) is 12.3 Å². The number of nitrogens with zero attached hydrogens (tertiary/aromatic N) is 1. The number of carboxylic acid groups (broad SMARTS) is 1. The Morgan fingerprint density at radius 2 is 1.94 bits per heavy atom. The van der Waals surface area contributed by atoms with Crippen molar-refractivity contribution in [2.75, 3.05) is 37.7 Å². The van der Waals surface area contributed by atoms with E-state index in [1.165, 1.54) is 17.7 Å². The van der Waals surface area contributed by atoms with Crippen molar-refractivity contribution in [2.45, 2.75) is 57.5 Å². The molecule has 2 heterocycles. The minimum absolute atomic E-state index is 0. The van der Waals surface area contributed by atoms with Crippen LogP contribution in [0.4, 0.5) is 5.69 Å². The van der Waals surface area contributed by atoms with Gasteiger partial charge in [0.25, 0.3) is 0 Å². The Bertz CT molecular complexity index is 822. The normalized spacial score (nSPS) is 18.7. The molecule has 0 saturated carbocycles. The third kappa shape index (κ3) is 9.14. The number of rotatable bonds is 11. The van der Waals surface area contributed by atoms with Crippen LogP contribution < -0.4 is 20.3 Å². The van der Waals surface area contributed by atoms with Crippen molar-refractivity contribution in [3.63, 3.8) is 0 Å². The van der Waals surface area contributed by atoms with Gasteiger partial charge < -0.3 is 19.9 Å². The Labute approximate surface area is 219 Å². The topological polar surface area (TPSA) is 117 Å². The number of hydrogen-bond donors (Lipinski definition) is 3. The van der Waals surface area contributed by atoms with Crippen molar-refractivity contribution in [1.82, 2.24) is 10.6 Å². The van der Waals surface area contributed by atoms with E-state index in [-0.39, 0.29) is 38.0 Å². The second kappa shape index (κ2) is 15.8. The first kappa shape index (κ1) is 31.0.